The van der Waals surface area contributed by atoms with Crippen LogP contribution in [0.1, 0.15) is 36.0 Å². The number of aromatic amines is 1. The van der Waals surface area contributed by atoms with Crippen molar-refractivity contribution in [1.29, 1.82) is 0 Å². The van der Waals surface area contributed by atoms with Crippen molar-refractivity contribution in [3.63, 3.8) is 0 Å². The van der Waals surface area contributed by atoms with Crippen molar-refractivity contribution < 1.29 is 0 Å². The molecule has 0 radical (unpaired) electrons. The molecule has 5 rings (SSSR count). The Hall–Kier alpha value is -2.45. The van der Waals surface area contributed by atoms with Gasteiger partial charge in [0.05, 0.1) is 15.8 Å². The molecule has 0 fully saturated rings. The number of rotatable bonds is 6. The fraction of sp³-hybridized carbons (Fsp3) is 0.391. The highest BCUT2D eigenvalue weighted by Crippen LogP contribution is 2.38. The van der Waals surface area contributed by atoms with Crippen LogP contribution in [0, 0.1) is 5.92 Å². The Labute approximate surface area is 189 Å². The van der Waals surface area contributed by atoms with Gasteiger partial charge in [0.2, 0.25) is 0 Å². The molecule has 0 amide bonds. The summed E-state index contributed by atoms with van der Waals surface area (Å²) in [5.41, 5.74) is 2.15. The Morgan fingerprint density at radius 2 is 2.16 bits per heavy atom. The molecule has 31 heavy (non-hydrogen) atoms. The zero-order valence-corrected chi connectivity index (χ0v) is 19.4. The van der Waals surface area contributed by atoms with Gasteiger partial charge in [0.1, 0.15) is 5.82 Å². The second kappa shape index (κ2) is 8.59. The van der Waals surface area contributed by atoms with E-state index in [4.69, 9.17) is 0 Å². The highest BCUT2D eigenvalue weighted by atomic mass is 32.2. The minimum Gasteiger partial charge on any atom is -0.310 e. The van der Waals surface area contributed by atoms with Crippen LogP contribution in [-0.4, -0.2) is 30.5 Å². The number of aromatic nitrogens is 5. The van der Waals surface area contributed by atoms with E-state index in [1.807, 2.05) is 36.6 Å². The van der Waals surface area contributed by atoms with Crippen molar-refractivity contribution in [2.24, 2.45) is 13.0 Å². The summed E-state index contributed by atoms with van der Waals surface area (Å²) < 4.78 is 2.08. The van der Waals surface area contributed by atoms with Crippen molar-refractivity contribution >= 4 is 34.0 Å². The van der Waals surface area contributed by atoms with Crippen molar-refractivity contribution in [2.45, 2.75) is 44.2 Å². The third-order valence-electron chi connectivity index (χ3n) is 6.05. The van der Waals surface area contributed by atoms with Crippen LogP contribution in [0.4, 0.5) is 0 Å². The first-order valence-electron chi connectivity index (χ1n) is 10.7. The van der Waals surface area contributed by atoms with E-state index in [1.165, 1.54) is 41.0 Å². The number of thiophene rings is 1. The summed E-state index contributed by atoms with van der Waals surface area (Å²) in [6, 6.07) is 9.75. The summed E-state index contributed by atoms with van der Waals surface area (Å²) in [6.07, 6.45) is 5.60. The second-order valence-electron chi connectivity index (χ2n) is 8.07. The first-order valence-corrected chi connectivity index (χ1v) is 12.5. The minimum absolute atomic E-state index is 0.0847. The molecule has 1 aliphatic carbocycles. The van der Waals surface area contributed by atoms with E-state index < -0.39 is 0 Å². The highest BCUT2D eigenvalue weighted by molar-refractivity contribution is 7.99. The van der Waals surface area contributed by atoms with Crippen molar-refractivity contribution in [3.8, 4) is 10.7 Å². The average Bonchev–Trinajstić information content (AvgIpc) is 3.36. The normalized spacial score (nSPS) is 16.0. The molecule has 1 N–H and O–H groups in total. The summed E-state index contributed by atoms with van der Waals surface area (Å²) in [6.45, 7) is 2.29. The Kier molecular flexibility index (Phi) is 5.67. The molecule has 160 valence electrons. The number of hydrogen-bond donors (Lipinski definition) is 1. The molecule has 1 atom stereocenters. The van der Waals surface area contributed by atoms with Gasteiger partial charge < -0.3 is 9.55 Å². The number of aryl methyl sites for hydroxylation is 2. The van der Waals surface area contributed by atoms with Gasteiger partial charge in [-0.3, -0.25) is 4.79 Å². The van der Waals surface area contributed by atoms with Crippen LogP contribution in [0.3, 0.4) is 0 Å². The molecule has 6 nitrogen and oxygen atoms in total. The zero-order valence-electron chi connectivity index (χ0n) is 17.7. The van der Waals surface area contributed by atoms with Crippen LogP contribution in [0.2, 0.25) is 0 Å². The number of nitrogens with zero attached hydrogens (tertiary/aromatic N) is 4. The lowest BCUT2D eigenvalue weighted by atomic mass is 9.87. The quantitative estimate of drug-likeness (QED) is 0.433. The molecule has 4 aromatic rings. The number of fused-ring (bicyclic) bond motifs is 2. The first kappa shape index (κ1) is 20.5. The lowest BCUT2D eigenvalue weighted by molar-refractivity contribution is 0.449. The minimum atomic E-state index is -0.0847. The second-order valence-corrected chi connectivity index (χ2v) is 10.3. The number of H-pyrrole nitrogens is 1. The van der Waals surface area contributed by atoms with Gasteiger partial charge in [-0.2, -0.15) is 0 Å². The van der Waals surface area contributed by atoms with Gasteiger partial charge >= 0.3 is 0 Å². The predicted molar refractivity (Wildman–Crippen MR) is 127 cm³/mol. The number of para-hydroxylation sites is 1. The molecule has 0 saturated carbocycles. The summed E-state index contributed by atoms with van der Waals surface area (Å²) in [4.78, 5) is 22.5. The third-order valence-corrected chi connectivity index (χ3v) is 8.30. The van der Waals surface area contributed by atoms with Gasteiger partial charge in [-0.1, -0.05) is 37.2 Å². The Morgan fingerprint density at radius 1 is 1.29 bits per heavy atom. The van der Waals surface area contributed by atoms with Gasteiger partial charge in [-0.15, -0.1) is 21.5 Å². The topological polar surface area (TPSA) is 76.5 Å². The van der Waals surface area contributed by atoms with E-state index in [2.05, 4.69) is 37.7 Å². The van der Waals surface area contributed by atoms with Gasteiger partial charge in [-0.05, 0) is 48.9 Å². The van der Waals surface area contributed by atoms with Crippen LogP contribution >= 0.6 is 23.1 Å². The van der Waals surface area contributed by atoms with Crippen LogP contribution < -0.4 is 5.56 Å². The van der Waals surface area contributed by atoms with Crippen LogP contribution in [0.25, 0.3) is 21.6 Å². The summed E-state index contributed by atoms with van der Waals surface area (Å²) in [5.74, 6) is 3.23. The van der Waals surface area contributed by atoms with Crippen LogP contribution in [0.15, 0.2) is 40.3 Å². The SMILES string of the molecule is CCC1CCc2sc(-c3nnc(SCCc4nc5ccccc5c(=O)[nH]4)n3C)cc2C1. The standard InChI is InChI=1S/C23H25N5OS2/c1-3-14-8-9-18-15(12-14)13-19(31-18)21-26-27-23(28(21)2)30-11-10-20-24-17-7-5-4-6-16(17)22(29)25-20/h4-7,13-14H,3,8-12H2,1-2H3,(H,24,25,29). The van der Waals surface area contributed by atoms with Gasteiger partial charge in [-0.25, -0.2) is 4.98 Å². The van der Waals surface area contributed by atoms with E-state index in [-0.39, 0.29) is 5.56 Å². The lowest BCUT2D eigenvalue weighted by Gasteiger charge is -2.19. The molecule has 0 aliphatic heterocycles. The van der Waals surface area contributed by atoms with E-state index >= 15 is 0 Å². The van der Waals surface area contributed by atoms with Crippen molar-refractivity contribution in [2.75, 3.05) is 5.75 Å². The van der Waals surface area contributed by atoms with E-state index in [9.17, 15) is 4.79 Å². The number of thioether (sulfide) groups is 1. The predicted octanol–water partition coefficient (Wildman–Crippen LogP) is 4.63. The summed E-state index contributed by atoms with van der Waals surface area (Å²) in [5, 5.41) is 10.4. The molecular formula is C23H25N5OS2. The van der Waals surface area contributed by atoms with E-state index in [0.717, 1.165) is 28.2 Å². The van der Waals surface area contributed by atoms with E-state index in [0.29, 0.717) is 17.6 Å². The number of nitrogens with one attached hydrogen (secondary N) is 1. The van der Waals surface area contributed by atoms with Crippen molar-refractivity contribution in [1.82, 2.24) is 24.7 Å². The molecule has 3 heterocycles. The monoisotopic (exact) mass is 451 g/mol. The molecule has 1 aromatic carbocycles. The maximum Gasteiger partial charge on any atom is 0.258 e. The molecule has 0 saturated heterocycles. The molecule has 3 aromatic heterocycles. The Balaban J connectivity index is 1.28. The Bertz CT molecular complexity index is 1290. The fourth-order valence-electron chi connectivity index (χ4n) is 4.21. The lowest BCUT2D eigenvalue weighted by Crippen LogP contribution is -2.12. The van der Waals surface area contributed by atoms with E-state index in [1.54, 1.807) is 17.8 Å². The number of hydrogen-bond acceptors (Lipinski definition) is 6. The number of benzene rings is 1. The fourth-order valence-corrected chi connectivity index (χ4v) is 6.29. The smallest absolute Gasteiger partial charge is 0.258 e. The highest BCUT2D eigenvalue weighted by Gasteiger charge is 2.22. The molecule has 1 aliphatic rings. The van der Waals surface area contributed by atoms with Gasteiger partial charge in [0.15, 0.2) is 11.0 Å². The molecule has 1 unspecified atom stereocenters. The maximum atomic E-state index is 12.2. The molecular weight excluding hydrogens is 426 g/mol. The summed E-state index contributed by atoms with van der Waals surface area (Å²) in [7, 11) is 2.03. The third kappa shape index (κ3) is 4.06. The average molecular weight is 452 g/mol. The maximum absolute atomic E-state index is 12.2. The van der Waals surface area contributed by atoms with Gasteiger partial charge in [0.25, 0.3) is 5.56 Å². The first-order chi connectivity index (χ1) is 15.1. The van der Waals surface area contributed by atoms with Crippen LogP contribution in [-0.2, 0) is 26.3 Å². The molecule has 8 heteroatoms. The zero-order chi connectivity index (χ0) is 21.4. The molecule has 0 spiro atoms. The largest absolute Gasteiger partial charge is 0.310 e. The van der Waals surface area contributed by atoms with Crippen molar-refractivity contribution in [3.05, 3.63) is 57.0 Å². The Morgan fingerprint density at radius 3 is 3.03 bits per heavy atom. The van der Waals surface area contributed by atoms with Crippen LogP contribution in [0.5, 0.6) is 0 Å². The molecule has 0 bridgehead atoms. The summed E-state index contributed by atoms with van der Waals surface area (Å²) >= 11 is 3.51. The van der Waals surface area contributed by atoms with Gasteiger partial charge in [0, 0.05) is 24.1 Å².